The first-order valence-corrected chi connectivity index (χ1v) is 20.2. The minimum absolute atomic E-state index is 0.648. The van der Waals surface area contributed by atoms with Crippen LogP contribution in [0.25, 0.3) is 116 Å². The minimum Gasteiger partial charge on any atom is -0.278 e. The summed E-state index contributed by atoms with van der Waals surface area (Å²) in [4.78, 5) is 10.9. The lowest BCUT2D eigenvalue weighted by Crippen LogP contribution is -2.03. The van der Waals surface area contributed by atoms with E-state index in [1.807, 2.05) is 0 Å². The molecular weight excluding hydrogens is 715 g/mol. The summed E-state index contributed by atoms with van der Waals surface area (Å²) >= 11 is 0. The van der Waals surface area contributed by atoms with Gasteiger partial charge in [-0.1, -0.05) is 188 Å². The van der Waals surface area contributed by atoms with Crippen LogP contribution in [0, 0.1) is 0 Å². The van der Waals surface area contributed by atoms with E-state index in [-0.39, 0.29) is 0 Å². The predicted octanol–water partition coefficient (Wildman–Crippen LogP) is 14.9. The van der Waals surface area contributed by atoms with Crippen LogP contribution in [0.2, 0.25) is 0 Å². The number of para-hydroxylation sites is 1. The molecule has 0 aliphatic carbocycles. The molecule has 274 valence electrons. The standard InChI is InChI=1S/C56H35N3/c1-2-12-36(13-3-1)38-22-24-39(25-23-38)40-26-29-42(30-27-40)55-48-20-10-11-21-50(48)57-56(58-55)59-51-33-32-41-15-6-7-17-45(41)53(51)54-47-19-9-8-18-46(47)49(35-52(54)59)44-31-28-37-14-4-5-16-43(37)34-44/h1-35H. The summed E-state index contributed by atoms with van der Waals surface area (Å²) in [6.45, 7) is 0. The number of rotatable bonds is 5. The van der Waals surface area contributed by atoms with Crippen LogP contribution in [0.4, 0.5) is 0 Å². The maximum Gasteiger partial charge on any atom is 0.235 e. The lowest BCUT2D eigenvalue weighted by atomic mass is 9.93. The van der Waals surface area contributed by atoms with Crippen molar-refractivity contribution >= 4 is 65.0 Å². The summed E-state index contributed by atoms with van der Waals surface area (Å²) in [6.07, 6.45) is 0. The van der Waals surface area contributed by atoms with Gasteiger partial charge in [-0.15, -0.1) is 0 Å². The van der Waals surface area contributed by atoms with Crippen LogP contribution in [-0.2, 0) is 0 Å². The Kier molecular flexibility index (Phi) is 7.54. The molecular formula is C56H35N3. The third-order valence-electron chi connectivity index (χ3n) is 12.0. The molecule has 0 unspecified atom stereocenters. The van der Waals surface area contributed by atoms with Crippen molar-refractivity contribution < 1.29 is 0 Å². The van der Waals surface area contributed by atoms with E-state index in [1.54, 1.807) is 0 Å². The van der Waals surface area contributed by atoms with Crippen LogP contribution in [0.3, 0.4) is 0 Å². The van der Waals surface area contributed by atoms with Crippen molar-refractivity contribution in [2.45, 2.75) is 0 Å². The van der Waals surface area contributed by atoms with Gasteiger partial charge in [-0.25, -0.2) is 9.97 Å². The molecule has 10 aromatic carbocycles. The SMILES string of the molecule is c1ccc(-c2ccc(-c3ccc(-c4nc(-n5c6ccc7ccccc7c6c6c7ccccc7c(-c7ccc8ccccc8c7)cc65)nc5ccccc45)cc3)cc2)cc1. The Labute approximate surface area is 341 Å². The van der Waals surface area contributed by atoms with E-state index in [4.69, 9.17) is 9.97 Å². The van der Waals surface area contributed by atoms with Crippen molar-refractivity contribution in [3.05, 3.63) is 212 Å². The molecule has 2 aromatic heterocycles. The summed E-state index contributed by atoms with van der Waals surface area (Å²) in [6, 6.07) is 76.3. The molecule has 59 heavy (non-hydrogen) atoms. The number of hydrogen-bond donors (Lipinski definition) is 0. The van der Waals surface area contributed by atoms with Gasteiger partial charge in [0.25, 0.3) is 0 Å². The third kappa shape index (κ3) is 5.44. The average Bonchev–Trinajstić information content (AvgIpc) is 3.66. The van der Waals surface area contributed by atoms with Gasteiger partial charge in [-0.2, -0.15) is 0 Å². The van der Waals surface area contributed by atoms with Gasteiger partial charge < -0.3 is 0 Å². The van der Waals surface area contributed by atoms with Gasteiger partial charge in [0.2, 0.25) is 5.95 Å². The summed E-state index contributed by atoms with van der Waals surface area (Å²) in [5, 5.41) is 10.7. The molecule has 0 amide bonds. The van der Waals surface area contributed by atoms with Crippen LogP contribution >= 0.6 is 0 Å². The summed E-state index contributed by atoms with van der Waals surface area (Å²) < 4.78 is 2.30. The van der Waals surface area contributed by atoms with Gasteiger partial charge in [0, 0.05) is 21.7 Å². The Bertz CT molecular complexity index is 3580. The summed E-state index contributed by atoms with van der Waals surface area (Å²) in [7, 11) is 0. The van der Waals surface area contributed by atoms with Gasteiger partial charge >= 0.3 is 0 Å². The van der Waals surface area contributed by atoms with Crippen LogP contribution < -0.4 is 0 Å². The lowest BCUT2D eigenvalue weighted by molar-refractivity contribution is 1.01. The fourth-order valence-electron chi connectivity index (χ4n) is 9.14. The normalized spacial score (nSPS) is 11.7. The van der Waals surface area contributed by atoms with E-state index in [9.17, 15) is 0 Å². The van der Waals surface area contributed by atoms with E-state index in [0.717, 1.165) is 38.8 Å². The van der Waals surface area contributed by atoms with Crippen molar-refractivity contribution in [2.24, 2.45) is 0 Å². The van der Waals surface area contributed by atoms with E-state index in [2.05, 4.69) is 217 Å². The smallest absolute Gasteiger partial charge is 0.235 e. The molecule has 12 rings (SSSR count). The van der Waals surface area contributed by atoms with E-state index < -0.39 is 0 Å². The van der Waals surface area contributed by atoms with Crippen molar-refractivity contribution in [1.29, 1.82) is 0 Å². The quantitative estimate of drug-likeness (QED) is 0.175. The number of benzene rings is 10. The van der Waals surface area contributed by atoms with Gasteiger partial charge in [-0.05, 0) is 90.0 Å². The number of nitrogens with zero attached hydrogens (tertiary/aromatic N) is 3. The fourth-order valence-corrected chi connectivity index (χ4v) is 9.14. The highest BCUT2D eigenvalue weighted by Crippen LogP contribution is 2.44. The largest absolute Gasteiger partial charge is 0.278 e. The van der Waals surface area contributed by atoms with E-state index in [0.29, 0.717) is 5.95 Å². The molecule has 0 aliphatic rings. The predicted molar refractivity (Wildman–Crippen MR) is 248 cm³/mol. The van der Waals surface area contributed by atoms with Gasteiger partial charge in [0.15, 0.2) is 0 Å². The topological polar surface area (TPSA) is 30.7 Å². The summed E-state index contributed by atoms with van der Waals surface area (Å²) in [5.41, 5.74) is 12.1. The highest BCUT2D eigenvalue weighted by atomic mass is 15.2. The first kappa shape index (κ1) is 33.3. The highest BCUT2D eigenvalue weighted by molar-refractivity contribution is 6.30. The van der Waals surface area contributed by atoms with E-state index in [1.165, 1.54) is 70.9 Å². The molecule has 3 heteroatoms. The number of fused-ring (bicyclic) bond motifs is 9. The molecule has 0 bridgehead atoms. The van der Waals surface area contributed by atoms with Crippen LogP contribution in [0.1, 0.15) is 0 Å². The second kappa shape index (κ2) is 13.4. The third-order valence-corrected chi connectivity index (χ3v) is 12.0. The number of hydrogen-bond acceptors (Lipinski definition) is 2. The monoisotopic (exact) mass is 749 g/mol. The maximum atomic E-state index is 5.52. The van der Waals surface area contributed by atoms with Crippen LogP contribution in [0.5, 0.6) is 0 Å². The average molecular weight is 750 g/mol. The highest BCUT2D eigenvalue weighted by Gasteiger charge is 2.22. The zero-order valence-electron chi connectivity index (χ0n) is 32.0. The van der Waals surface area contributed by atoms with Crippen molar-refractivity contribution in [3.8, 4) is 50.6 Å². The van der Waals surface area contributed by atoms with Crippen molar-refractivity contribution in [3.63, 3.8) is 0 Å². The molecule has 0 spiro atoms. The molecule has 3 nitrogen and oxygen atoms in total. The van der Waals surface area contributed by atoms with Crippen molar-refractivity contribution in [2.75, 3.05) is 0 Å². The molecule has 12 aromatic rings. The van der Waals surface area contributed by atoms with Crippen molar-refractivity contribution in [1.82, 2.24) is 14.5 Å². The van der Waals surface area contributed by atoms with Gasteiger partial charge in [-0.3, -0.25) is 4.57 Å². The Morgan fingerprint density at radius 3 is 1.58 bits per heavy atom. The first-order valence-electron chi connectivity index (χ1n) is 20.2. The van der Waals surface area contributed by atoms with Crippen LogP contribution in [0.15, 0.2) is 212 Å². The molecule has 2 heterocycles. The number of aromatic nitrogens is 3. The zero-order valence-corrected chi connectivity index (χ0v) is 32.0. The van der Waals surface area contributed by atoms with Gasteiger partial charge in [0.05, 0.1) is 22.2 Å². The zero-order chi connectivity index (χ0) is 38.9. The molecule has 0 atom stereocenters. The second-order valence-corrected chi connectivity index (χ2v) is 15.4. The minimum atomic E-state index is 0.648. The molecule has 0 N–H and O–H groups in total. The molecule has 0 saturated carbocycles. The summed E-state index contributed by atoms with van der Waals surface area (Å²) in [5.74, 6) is 0.648. The second-order valence-electron chi connectivity index (χ2n) is 15.4. The Morgan fingerprint density at radius 2 is 0.831 bits per heavy atom. The maximum absolute atomic E-state index is 5.52. The molecule has 0 radical (unpaired) electrons. The van der Waals surface area contributed by atoms with E-state index >= 15 is 0 Å². The fraction of sp³-hybridized carbons (Fsp3) is 0. The molecule has 0 aliphatic heterocycles. The lowest BCUT2D eigenvalue weighted by Gasteiger charge is -2.14. The molecule has 0 fully saturated rings. The first-order chi connectivity index (χ1) is 29.2. The van der Waals surface area contributed by atoms with Crippen LogP contribution in [-0.4, -0.2) is 14.5 Å². The van der Waals surface area contributed by atoms with Gasteiger partial charge in [0.1, 0.15) is 0 Å². The Hall–Kier alpha value is -7.88. The molecule has 0 saturated heterocycles. The Balaban J connectivity index is 1.09. The Morgan fingerprint density at radius 1 is 0.305 bits per heavy atom.